The molecule has 3 heteroatoms. The van der Waals surface area contributed by atoms with Gasteiger partial charge in [-0.2, -0.15) is 0 Å². The second kappa shape index (κ2) is 4.96. The predicted molar refractivity (Wildman–Crippen MR) is 87.0 cm³/mol. The first-order valence-corrected chi connectivity index (χ1v) is 9.37. The van der Waals surface area contributed by atoms with Gasteiger partial charge in [0.1, 0.15) is 0 Å². The van der Waals surface area contributed by atoms with E-state index in [4.69, 9.17) is 5.21 Å². The van der Waals surface area contributed by atoms with Gasteiger partial charge >= 0.3 is 0 Å². The van der Waals surface area contributed by atoms with Crippen molar-refractivity contribution in [3.8, 4) is 0 Å². The highest BCUT2D eigenvalue weighted by Crippen LogP contribution is 2.65. The summed E-state index contributed by atoms with van der Waals surface area (Å²) in [6.07, 6.45) is 10.5. The van der Waals surface area contributed by atoms with E-state index in [1.54, 1.807) is 0 Å². The van der Waals surface area contributed by atoms with E-state index in [-0.39, 0.29) is 11.5 Å². The Kier molecular flexibility index (Phi) is 3.38. The van der Waals surface area contributed by atoms with Gasteiger partial charge in [0.25, 0.3) is 0 Å². The Morgan fingerprint density at radius 1 is 0.955 bits per heavy atom. The highest BCUT2D eigenvalue weighted by atomic mass is 16.4. The van der Waals surface area contributed by atoms with E-state index in [9.17, 15) is 5.11 Å². The van der Waals surface area contributed by atoms with Gasteiger partial charge in [0.05, 0.1) is 11.8 Å². The normalized spacial score (nSPS) is 56.3. The number of hydrogen-bond donors (Lipinski definition) is 2. The first-order valence-electron chi connectivity index (χ1n) is 9.37. The molecule has 4 rings (SSSR count). The van der Waals surface area contributed by atoms with E-state index < -0.39 is 0 Å². The van der Waals surface area contributed by atoms with Crippen molar-refractivity contribution in [2.45, 2.75) is 77.7 Å². The SMILES string of the molecule is C[C@]12CC[C@H]3[C@@H](CCC4C/C(=N/O)CC[C@@]43C)[C@@H]1CC[C@@H]2O. The van der Waals surface area contributed by atoms with Crippen molar-refractivity contribution in [3.63, 3.8) is 0 Å². The lowest BCUT2D eigenvalue weighted by Crippen LogP contribution is -2.54. The second-order valence-corrected chi connectivity index (χ2v) is 9.16. The van der Waals surface area contributed by atoms with Crippen LogP contribution in [-0.4, -0.2) is 22.1 Å². The summed E-state index contributed by atoms with van der Waals surface area (Å²) in [7, 11) is 0. The molecule has 0 heterocycles. The van der Waals surface area contributed by atoms with Gasteiger partial charge in [-0.3, -0.25) is 0 Å². The zero-order valence-electron chi connectivity index (χ0n) is 14.1. The van der Waals surface area contributed by atoms with Crippen molar-refractivity contribution in [1.82, 2.24) is 0 Å². The summed E-state index contributed by atoms with van der Waals surface area (Å²) in [5.74, 6) is 3.11. The first kappa shape index (κ1) is 15.0. The monoisotopic (exact) mass is 305 g/mol. The number of hydrogen-bond acceptors (Lipinski definition) is 3. The maximum Gasteiger partial charge on any atom is 0.0596 e. The van der Waals surface area contributed by atoms with Crippen molar-refractivity contribution in [3.05, 3.63) is 0 Å². The van der Waals surface area contributed by atoms with Gasteiger partial charge in [0, 0.05) is 0 Å². The summed E-state index contributed by atoms with van der Waals surface area (Å²) in [5.41, 5.74) is 1.65. The lowest BCUT2D eigenvalue weighted by atomic mass is 9.45. The fourth-order valence-electron chi connectivity index (χ4n) is 7.12. The Morgan fingerprint density at radius 3 is 2.50 bits per heavy atom. The van der Waals surface area contributed by atoms with Crippen LogP contribution in [0.1, 0.15) is 71.6 Å². The number of fused-ring (bicyclic) bond motifs is 5. The number of aliphatic hydroxyl groups excluding tert-OH is 1. The van der Waals surface area contributed by atoms with E-state index in [0.717, 1.165) is 42.7 Å². The predicted octanol–water partition coefficient (Wildman–Crippen LogP) is 4.22. The van der Waals surface area contributed by atoms with Crippen LogP contribution in [0.5, 0.6) is 0 Å². The lowest BCUT2D eigenvalue weighted by molar-refractivity contribution is -0.112. The fourth-order valence-corrected chi connectivity index (χ4v) is 7.12. The van der Waals surface area contributed by atoms with E-state index >= 15 is 0 Å². The maximum absolute atomic E-state index is 10.5. The van der Waals surface area contributed by atoms with Crippen LogP contribution in [0.3, 0.4) is 0 Å². The highest BCUT2D eigenvalue weighted by Gasteiger charge is 2.59. The average molecular weight is 305 g/mol. The maximum atomic E-state index is 10.5. The molecule has 22 heavy (non-hydrogen) atoms. The zero-order chi connectivity index (χ0) is 15.5. The third-order valence-electron chi connectivity index (χ3n) is 8.59. The highest BCUT2D eigenvalue weighted by molar-refractivity contribution is 5.85. The van der Waals surface area contributed by atoms with Crippen LogP contribution in [0.4, 0.5) is 0 Å². The quantitative estimate of drug-likeness (QED) is 0.520. The van der Waals surface area contributed by atoms with Gasteiger partial charge < -0.3 is 10.3 Å². The van der Waals surface area contributed by atoms with E-state index in [1.165, 1.54) is 38.5 Å². The van der Waals surface area contributed by atoms with Crippen LogP contribution in [0, 0.1) is 34.5 Å². The van der Waals surface area contributed by atoms with Crippen LogP contribution in [-0.2, 0) is 0 Å². The average Bonchev–Trinajstić information content (AvgIpc) is 2.82. The molecule has 3 nitrogen and oxygen atoms in total. The molecule has 0 aromatic carbocycles. The van der Waals surface area contributed by atoms with Crippen molar-refractivity contribution in [2.24, 2.45) is 39.7 Å². The summed E-state index contributed by atoms with van der Waals surface area (Å²) in [4.78, 5) is 0. The van der Waals surface area contributed by atoms with Crippen LogP contribution in [0.15, 0.2) is 5.16 Å². The molecule has 7 atom stereocenters. The molecule has 1 unspecified atom stereocenters. The number of oxime groups is 1. The molecular formula is C19H31NO2. The molecule has 4 aliphatic rings. The fraction of sp³-hybridized carbons (Fsp3) is 0.947. The van der Waals surface area contributed by atoms with E-state index in [0.29, 0.717) is 11.3 Å². The minimum Gasteiger partial charge on any atom is -0.411 e. The summed E-state index contributed by atoms with van der Waals surface area (Å²) in [6.45, 7) is 4.88. The van der Waals surface area contributed by atoms with E-state index in [2.05, 4.69) is 19.0 Å². The Hall–Kier alpha value is -0.570. The minimum absolute atomic E-state index is 0.0662. The molecule has 0 bridgehead atoms. The van der Waals surface area contributed by atoms with Crippen LogP contribution in [0.2, 0.25) is 0 Å². The number of aliphatic hydroxyl groups is 1. The van der Waals surface area contributed by atoms with Crippen LogP contribution >= 0.6 is 0 Å². The Labute approximate surface area is 134 Å². The van der Waals surface area contributed by atoms with Gasteiger partial charge in [-0.05, 0) is 92.3 Å². The molecule has 0 amide bonds. The third kappa shape index (κ3) is 1.87. The summed E-state index contributed by atoms with van der Waals surface area (Å²) >= 11 is 0. The lowest BCUT2D eigenvalue weighted by Gasteiger charge is -2.60. The molecule has 124 valence electrons. The smallest absolute Gasteiger partial charge is 0.0596 e. The Bertz CT molecular complexity index is 490. The Morgan fingerprint density at radius 2 is 1.73 bits per heavy atom. The largest absolute Gasteiger partial charge is 0.411 e. The molecule has 0 spiro atoms. The molecule has 0 aromatic rings. The molecule has 0 radical (unpaired) electrons. The minimum atomic E-state index is -0.0662. The molecule has 0 aliphatic heterocycles. The van der Waals surface area contributed by atoms with Gasteiger partial charge in [-0.1, -0.05) is 19.0 Å². The number of rotatable bonds is 0. The summed E-state index contributed by atoms with van der Waals surface area (Å²) in [5, 5.41) is 23.2. The van der Waals surface area contributed by atoms with Gasteiger partial charge in [-0.15, -0.1) is 0 Å². The van der Waals surface area contributed by atoms with Gasteiger partial charge in [0.2, 0.25) is 0 Å². The van der Waals surface area contributed by atoms with Gasteiger partial charge in [-0.25, -0.2) is 0 Å². The van der Waals surface area contributed by atoms with E-state index in [1.807, 2.05) is 0 Å². The molecule has 2 N–H and O–H groups in total. The molecule has 4 fully saturated rings. The second-order valence-electron chi connectivity index (χ2n) is 9.16. The zero-order valence-corrected chi connectivity index (χ0v) is 14.1. The van der Waals surface area contributed by atoms with Crippen molar-refractivity contribution in [1.29, 1.82) is 0 Å². The van der Waals surface area contributed by atoms with Crippen LogP contribution < -0.4 is 0 Å². The van der Waals surface area contributed by atoms with Crippen molar-refractivity contribution in [2.75, 3.05) is 0 Å². The topological polar surface area (TPSA) is 52.8 Å². The molecular weight excluding hydrogens is 274 g/mol. The number of nitrogens with zero attached hydrogens (tertiary/aromatic N) is 1. The molecule has 4 aliphatic carbocycles. The molecule has 0 saturated heterocycles. The van der Waals surface area contributed by atoms with Crippen molar-refractivity contribution >= 4 is 5.71 Å². The van der Waals surface area contributed by atoms with Crippen molar-refractivity contribution < 1.29 is 10.3 Å². The Balaban J connectivity index is 1.62. The first-order chi connectivity index (χ1) is 10.5. The summed E-state index contributed by atoms with van der Waals surface area (Å²) in [6, 6.07) is 0. The molecule has 0 aromatic heterocycles. The van der Waals surface area contributed by atoms with Gasteiger partial charge in [0.15, 0.2) is 0 Å². The summed E-state index contributed by atoms with van der Waals surface area (Å²) < 4.78 is 0. The van der Waals surface area contributed by atoms with Crippen LogP contribution in [0.25, 0.3) is 0 Å². The third-order valence-corrected chi connectivity index (χ3v) is 8.59. The molecule has 4 saturated carbocycles. The standard InChI is InChI=1S/C19H31NO2/c1-18-9-7-13(20-22)11-12(18)3-4-14-15-5-6-17(21)19(15,2)10-8-16(14)18/h12,14-17,21-22H,3-11H2,1-2H3/b20-13+/t12?,14-,15-,16-,17-,18-,19-/m0/s1.